The maximum Gasteiger partial charge on any atom is 0.251 e. The molecule has 3 aliphatic rings. The van der Waals surface area contributed by atoms with Gasteiger partial charge in [0.1, 0.15) is 0 Å². The molecule has 4 heteroatoms. The molecular formula is C16H20BrNO2. The lowest BCUT2D eigenvalue weighted by molar-refractivity contribution is -0.0716. The van der Waals surface area contributed by atoms with E-state index in [2.05, 4.69) is 33.4 Å². The molecular weight excluding hydrogens is 318 g/mol. The summed E-state index contributed by atoms with van der Waals surface area (Å²) in [6.45, 7) is 1.15. The van der Waals surface area contributed by atoms with Crippen LogP contribution in [0.2, 0.25) is 0 Å². The molecule has 1 aromatic rings. The van der Waals surface area contributed by atoms with Crippen molar-refractivity contribution in [3.8, 4) is 11.5 Å². The second-order valence-electron chi connectivity index (χ2n) is 6.21. The maximum absolute atomic E-state index is 6.15. The molecule has 1 unspecified atom stereocenters. The Morgan fingerprint density at radius 1 is 1.15 bits per heavy atom. The molecule has 1 aliphatic carbocycles. The summed E-state index contributed by atoms with van der Waals surface area (Å²) in [7, 11) is 0. The second kappa shape index (κ2) is 4.92. The van der Waals surface area contributed by atoms with Gasteiger partial charge in [0.2, 0.25) is 0 Å². The van der Waals surface area contributed by atoms with Crippen molar-refractivity contribution in [1.82, 2.24) is 5.32 Å². The van der Waals surface area contributed by atoms with Crippen molar-refractivity contribution in [1.29, 1.82) is 0 Å². The zero-order valence-corrected chi connectivity index (χ0v) is 13.2. The number of rotatable bonds is 2. The van der Waals surface area contributed by atoms with E-state index in [9.17, 15) is 0 Å². The van der Waals surface area contributed by atoms with Crippen LogP contribution in [-0.2, 0) is 6.42 Å². The minimum Gasteiger partial charge on any atom is -0.448 e. The molecule has 20 heavy (non-hydrogen) atoms. The SMILES string of the molecule is Brc1cc2c(cc1CC1CCCN1)OC1(CCCC1)O2. The molecule has 1 saturated carbocycles. The van der Waals surface area contributed by atoms with Crippen LogP contribution in [0.15, 0.2) is 16.6 Å². The van der Waals surface area contributed by atoms with E-state index in [4.69, 9.17) is 9.47 Å². The molecule has 2 aliphatic heterocycles. The van der Waals surface area contributed by atoms with Gasteiger partial charge in [0.15, 0.2) is 11.5 Å². The number of halogens is 1. The van der Waals surface area contributed by atoms with Gasteiger partial charge in [-0.3, -0.25) is 0 Å². The van der Waals surface area contributed by atoms with E-state index in [0.29, 0.717) is 6.04 Å². The first kappa shape index (κ1) is 13.0. The predicted molar refractivity (Wildman–Crippen MR) is 81.3 cm³/mol. The van der Waals surface area contributed by atoms with Crippen LogP contribution in [0.1, 0.15) is 44.1 Å². The van der Waals surface area contributed by atoms with Crippen LogP contribution in [0.25, 0.3) is 0 Å². The minimum atomic E-state index is -0.355. The Balaban J connectivity index is 1.58. The molecule has 4 rings (SSSR count). The first-order valence-electron chi connectivity index (χ1n) is 7.68. The van der Waals surface area contributed by atoms with E-state index in [-0.39, 0.29) is 5.79 Å². The van der Waals surface area contributed by atoms with E-state index in [1.165, 1.54) is 31.2 Å². The average molecular weight is 338 g/mol. The topological polar surface area (TPSA) is 30.5 Å². The first-order chi connectivity index (χ1) is 9.74. The summed E-state index contributed by atoms with van der Waals surface area (Å²) in [4.78, 5) is 0. The molecule has 0 radical (unpaired) electrons. The average Bonchev–Trinajstić information content (AvgIpc) is 3.12. The lowest BCUT2D eigenvalue weighted by Gasteiger charge is -2.21. The predicted octanol–water partition coefficient (Wildman–Crippen LogP) is 3.79. The molecule has 1 atom stereocenters. The molecule has 2 heterocycles. The van der Waals surface area contributed by atoms with Crippen molar-refractivity contribution in [3.05, 3.63) is 22.2 Å². The highest BCUT2D eigenvalue weighted by Gasteiger charge is 2.44. The molecule has 1 saturated heterocycles. The monoisotopic (exact) mass is 337 g/mol. The Morgan fingerprint density at radius 2 is 1.90 bits per heavy atom. The van der Waals surface area contributed by atoms with Crippen molar-refractivity contribution in [2.24, 2.45) is 0 Å². The van der Waals surface area contributed by atoms with Gasteiger partial charge in [-0.05, 0) is 56.3 Å². The summed E-state index contributed by atoms with van der Waals surface area (Å²) in [5.41, 5.74) is 1.32. The Morgan fingerprint density at radius 3 is 2.60 bits per heavy atom. The van der Waals surface area contributed by atoms with Crippen molar-refractivity contribution in [2.75, 3.05) is 6.54 Å². The highest BCUT2D eigenvalue weighted by Crippen LogP contribution is 2.48. The zero-order chi connectivity index (χ0) is 13.6. The maximum atomic E-state index is 6.15. The van der Waals surface area contributed by atoms with Gasteiger partial charge < -0.3 is 14.8 Å². The number of nitrogens with one attached hydrogen (secondary N) is 1. The molecule has 1 aromatic carbocycles. The van der Waals surface area contributed by atoms with E-state index < -0.39 is 0 Å². The van der Waals surface area contributed by atoms with Crippen molar-refractivity contribution < 1.29 is 9.47 Å². The summed E-state index contributed by atoms with van der Waals surface area (Å²) in [5, 5.41) is 3.56. The van der Waals surface area contributed by atoms with Crippen LogP contribution in [0.4, 0.5) is 0 Å². The quantitative estimate of drug-likeness (QED) is 0.890. The Hall–Kier alpha value is -0.740. The minimum absolute atomic E-state index is 0.355. The standard InChI is InChI=1S/C16H20BrNO2/c17-13-10-15-14(19-16(20-15)5-1-2-6-16)9-11(13)8-12-4-3-7-18-12/h9-10,12,18H,1-8H2. The third-order valence-electron chi connectivity index (χ3n) is 4.70. The second-order valence-corrected chi connectivity index (χ2v) is 7.06. The molecule has 108 valence electrons. The first-order valence-corrected chi connectivity index (χ1v) is 8.47. The van der Waals surface area contributed by atoms with Crippen molar-refractivity contribution >= 4 is 15.9 Å². The van der Waals surface area contributed by atoms with Crippen LogP contribution in [0, 0.1) is 0 Å². The van der Waals surface area contributed by atoms with E-state index in [0.717, 1.165) is 41.8 Å². The van der Waals surface area contributed by atoms with Gasteiger partial charge in [-0.15, -0.1) is 0 Å². The molecule has 3 nitrogen and oxygen atoms in total. The third-order valence-corrected chi connectivity index (χ3v) is 5.44. The van der Waals surface area contributed by atoms with E-state index in [1.54, 1.807) is 0 Å². The summed E-state index contributed by atoms with van der Waals surface area (Å²) in [6, 6.07) is 4.87. The number of ether oxygens (including phenoxy) is 2. The number of fused-ring (bicyclic) bond motifs is 1. The van der Waals surface area contributed by atoms with Gasteiger partial charge in [0, 0.05) is 23.4 Å². The molecule has 2 fully saturated rings. The van der Waals surface area contributed by atoms with E-state index in [1.807, 2.05) is 0 Å². The van der Waals surface area contributed by atoms with Crippen molar-refractivity contribution in [3.63, 3.8) is 0 Å². The van der Waals surface area contributed by atoms with Crippen molar-refractivity contribution in [2.45, 2.75) is 56.8 Å². The lowest BCUT2D eigenvalue weighted by Crippen LogP contribution is -2.34. The Labute approximate surface area is 128 Å². The highest BCUT2D eigenvalue weighted by molar-refractivity contribution is 9.10. The molecule has 0 aromatic heterocycles. The van der Waals surface area contributed by atoms with Crippen LogP contribution in [0.3, 0.4) is 0 Å². The fraction of sp³-hybridized carbons (Fsp3) is 0.625. The molecule has 0 bridgehead atoms. The summed E-state index contributed by atoms with van der Waals surface area (Å²) in [6.07, 6.45) is 8.05. The fourth-order valence-corrected chi connectivity index (χ4v) is 4.11. The summed E-state index contributed by atoms with van der Waals surface area (Å²) >= 11 is 3.69. The Bertz CT molecular complexity index is 519. The Kier molecular flexibility index (Phi) is 3.19. The van der Waals surface area contributed by atoms with Crippen LogP contribution in [-0.4, -0.2) is 18.4 Å². The van der Waals surface area contributed by atoms with Gasteiger partial charge in [-0.1, -0.05) is 15.9 Å². The summed E-state index contributed by atoms with van der Waals surface area (Å²) in [5.74, 6) is 1.48. The van der Waals surface area contributed by atoms with Gasteiger partial charge in [-0.2, -0.15) is 0 Å². The number of hydrogen-bond acceptors (Lipinski definition) is 3. The summed E-state index contributed by atoms with van der Waals surface area (Å²) < 4.78 is 13.4. The van der Waals surface area contributed by atoms with Crippen LogP contribution in [0.5, 0.6) is 11.5 Å². The molecule has 0 amide bonds. The smallest absolute Gasteiger partial charge is 0.251 e. The van der Waals surface area contributed by atoms with Crippen LogP contribution >= 0.6 is 15.9 Å². The molecule has 1 N–H and O–H groups in total. The zero-order valence-electron chi connectivity index (χ0n) is 11.6. The molecule has 1 spiro atoms. The fourth-order valence-electron chi connectivity index (χ4n) is 3.63. The highest BCUT2D eigenvalue weighted by atomic mass is 79.9. The number of hydrogen-bond donors (Lipinski definition) is 1. The van der Waals surface area contributed by atoms with Gasteiger partial charge in [0.05, 0.1) is 0 Å². The van der Waals surface area contributed by atoms with Gasteiger partial charge >= 0.3 is 0 Å². The van der Waals surface area contributed by atoms with Crippen LogP contribution < -0.4 is 14.8 Å². The lowest BCUT2D eigenvalue weighted by atomic mass is 10.0. The largest absolute Gasteiger partial charge is 0.448 e. The third kappa shape index (κ3) is 2.23. The normalized spacial score (nSPS) is 26.6. The van der Waals surface area contributed by atoms with Gasteiger partial charge in [0.25, 0.3) is 5.79 Å². The van der Waals surface area contributed by atoms with Gasteiger partial charge in [-0.25, -0.2) is 0 Å². The van der Waals surface area contributed by atoms with E-state index >= 15 is 0 Å². The number of benzene rings is 1.